The fourth-order valence-electron chi connectivity index (χ4n) is 5.62. The minimum Gasteiger partial charge on any atom is -0.454 e. The van der Waals surface area contributed by atoms with Crippen LogP contribution < -0.4 is 9.47 Å². The first kappa shape index (κ1) is 27.1. The van der Waals surface area contributed by atoms with Crippen LogP contribution in [0.3, 0.4) is 0 Å². The van der Waals surface area contributed by atoms with Gasteiger partial charge in [0.25, 0.3) is 5.91 Å². The molecule has 0 N–H and O–H groups in total. The second-order valence-corrected chi connectivity index (χ2v) is 10.8. The SMILES string of the molecule is CC(C)CN(C[C@H]1CN(Cc2ccc3c(c2)OCO3)C[C@@H]1c1cccc(C(F)(F)F)c1)C(=O)c1ccccc1. The van der Waals surface area contributed by atoms with Crippen LogP contribution in [0.25, 0.3) is 0 Å². The summed E-state index contributed by atoms with van der Waals surface area (Å²) < 4.78 is 51.7. The lowest BCUT2D eigenvalue weighted by Crippen LogP contribution is -2.39. The van der Waals surface area contributed by atoms with Crippen LogP contribution >= 0.6 is 0 Å². The number of likely N-dealkylation sites (tertiary alicyclic amines) is 1. The zero-order valence-corrected chi connectivity index (χ0v) is 22.2. The van der Waals surface area contributed by atoms with E-state index < -0.39 is 11.7 Å². The average Bonchev–Trinajstić information content (AvgIpc) is 3.54. The highest BCUT2D eigenvalue weighted by Gasteiger charge is 2.38. The largest absolute Gasteiger partial charge is 0.454 e. The van der Waals surface area contributed by atoms with Gasteiger partial charge in [0.2, 0.25) is 6.79 Å². The zero-order chi connectivity index (χ0) is 27.6. The molecule has 0 radical (unpaired) electrons. The van der Waals surface area contributed by atoms with Gasteiger partial charge in [-0.2, -0.15) is 13.2 Å². The third-order valence-corrected chi connectivity index (χ3v) is 7.35. The number of hydrogen-bond donors (Lipinski definition) is 0. The van der Waals surface area contributed by atoms with Gasteiger partial charge in [0, 0.05) is 44.2 Å². The number of benzene rings is 3. The lowest BCUT2D eigenvalue weighted by atomic mass is 9.87. The molecule has 1 fully saturated rings. The summed E-state index contributed by atoms with van der Waals surface area (Å²) in [5.74, 6) is 1.42. The number of nitrogens with zero attached hydrogens (tertiary/aromatic N) is 2. The minimum atomic E-state index is -4.41. The van der Waals surface area contributed by atoms with Crippen molar-refractivity contribution in [2.45, 2.75) is 32.5 Å². The average molecular weight is 539 g/mol. The Hall–Kier alpha value is -3.52. The Morgan fingerprint density at radius 3 is 2.49 bits per heavy atom. The maximum Gasteiger partial charge on any atom is 0.416 e. The van der Waals surface area contributed by atoms with Crippen LogP contribution in [0.2, 0.25) is 0 Å². The smallest absolute Gasteiger partial charge is 0.416 e. The third-order valence-electron chi connectivity index (χ3n) is 7.35. The summed E-state index contributed by atoms with van der Waals surface area (Å²) in [5.41, 5.74) is 1.66. The molecule has 39 heavy (non-hydrogen) atoms. The first-order valence-corrected chi connectivity index (χ1v) is 13.3. The molecule has 2 aliphatic heterocycles. The van der Waals surface area contributed by atoms with Crippen LogP contribution in [0.15, 0.2) is 72.8 Å². The predicted molar refractivity (Wildman–Crippen MR) is 143 cm³/mol. The van der Waals surface area contributed by atoms with E-state index in [-0.39, 0.29) is 30.5 Å². The molecule has 2 heterocycles. The summed E-state index contributed by atoms with van der Waals surface area (Å²) in [6.45, 7) is 7.24. The molecule has 2 aliphatic rings. The van der Waals surface area contributed by atoms with Gasteiger partial charge in [0.05, 0.1) is 5.56 Å². The molecule has 1 saturated heterocycles. The van der Waals surface area contributed by atoms with E-state index >= 15 is 0 Å². The summed E-state index contributed by atoms with van der Waals surface area (Å²) in [4.78, 5) is 17.6. The Morgan fingerprint density at radius 1 is 0.974 bits per heavy atom. The van der Waals surface area contributed by atoms with E-state index in [0.717, 1.165) is 11.6 Å². The van der Waals surface area contributed by atoms with Crippen molar-refractivity contribution in [3.8, 4) is 11.5 Å². The molecule has 0 aromatic heterocycles. The summed E-state index contributed by atoms with van der Waals surface area (Å²) >= 11 is 0. The molecule has 206 valence electrons. The standard InChI is InChI=1S/C31H33F3N2O3/c1-21(2)15-36(30(37)23-7-4-3-5-8-23)18-25-17-35(16-22-11-12-28-29(13-22)39-20-38-28)19-27(25)24-9-6-10-26(14-24)31(32,33)34/h3-14,21,25,27H,15-20H2,1-2H3/t25-,27-/m1/s1. The van der Waals surface area contributed by atoms with Crippen molar-refractivity contribution in [3.05, 3.63) is 95.1 Å². The number of amides is 1. The molecule has 8 heteroatoms. The van der Waals surface area contributed by atoms with Gasteiger partial charge >= 0.3 is 6.18 Å². The molecule has 3 aromatic carbocycles. The fraction of sp³-hybridized carbons (Fsp3) is 0.387. The van der Waals surface area contributed by atoms with Crippen molar-refractivity contribution in [1.29, 1.82) is 0 Å². The van der Waals surface area contributed by atoms with Crippen LogP contribution in [0.5, 0.6) is 11.5 Å². The molecular formula is C31H33F3N2O3. The number of rotatable bonds is 8. The van der Waals surface area contributed by atoms with Crippen LogP contribution in [-0.4, -0.2) is 48.7 Å². The van der Waals surface area contributed by atoms with Gasteiger partial charge in [0.15, 0.2) is 11.5 Å². The highest BCUT2D eigenvalue weighted by atomic mass is 19.4. The minimum absolute atomic E-state index is 0.0334. The maximum absolute atomic E-state index is 13.6. The first-order valence-electron chi connectivity index (χ1n) is 13.3. The normalized spacial score (nSPS) is 19.0. The van der Waals surface area contributed by atoms with Crippen LogP contribution in [-0.2, 0) is 12.7 Å². The van der Waals surface area contributed by atoms with E-state index in [2.05, 4.69) is 18.7 Å². The topological polar surface area (TPSA) is 42.0 Å². The molecule has 2 atom stereocenters. The molecule has 0 saturated carbocycles. The number of fused-ring (bicyclic) bond motifs is 1. The van der Waals surface area contributed by atoms with Crippen LogP contribution in [0.1, 0.15) is 46.8 Å². The number of carbonyl (C=O) groups is 1. The van der Waals surface area contributed by atoms with Crippen molar-refractivity contribution in [1.82, 2.24) is 9.80 Å². The van der Waals surface area contributed by atoms with Gasteiger partial charge in [-0.1, -0.05) is 56.3 Å². The van der Waals surface area contributed by atoms with Crippen LogP contribution in [0.4, 0.5) is 13.2 Å². The molecule has 5 nitrogen and oxygen atoms in total. The monoisotopic (exact) mass is 538 g/mol. The van der Waals surface area contributed by atoms with E-state index in [9.17, 15) is 18.0 Å². The molecular weight excluding hydrogens is 505 g/mol. The van der Waals surface area contributed by atoms with E-state index in [1.807, 2.05) is 41.3 Å². The molecule has 5 rings (SSSR count). The lowest BCUT2D eigenvalue weighted by Gasteiger charge is -2.30. The number of ether oxygens (including phenoxy) is 2. The summed E-state index contributed by atoms with van der Waals surface area (Å²) in [5, 5.41) is 0. The highest BCUT2D eigenvalue weighted by Crippen LogP contribution is 2.39. The predicted octanol–water partition coefficient (Wildman–Crippen LogP) is 6.45. The van der Waals surface area contributed by atoms with E-state index in [0.29, 0.717) is 55.3 Å². The Labute approximate surface area is 227 Å². The maximum atomic E-state index is 13.6. The molecule has 0 bridgehead atoms. The quantitative estimate of drug-likeness (QED) is 0.331. The van der Waals surface area contributed by atoms with Crippen molar-refractivity contribution in [2.24, 2.45) is 11.8 Å². The number of carbonyl (C=O) groups excluding carboxylic acids is 1. The number of hydrogen-bond acceptors (Lipinski definition) is 4. The molecule has 0 aliphatic carbocycles. The Balaban J connectivity index is 1.42. The van der Waals surface area contributed by atoms with Gasteiger partial charge in [-0.25, -0.2) is 0 Å². The van der Waals surface area contributed by atoms with E-state index in [1.165, 1.54) is 12.1 Å². The first-order chi connectivity index (χ1) is 18.7. The van der Waals surface area contributed by atoms with E-state index in [1.54, 1.807) is 18.2 Å². The third kappa shape index (κ3) is 6.38. The summed E-state index contributed by atoms with van der Waals surface area (Å²) in [6, 6.07) is 20.7. The Kier molecular flexibility index (Phi) is 7.84. The van der Waals surface area contributed by atoms with E-state index in [4.69, 9.17) is 9.47 Å². The summed E-state index contributed by atoms with van der Waals surface area (Å²) in [6.07, 6.45) is -4.41. The number of halogens is 3. The van der Waals surface area contributed by atoms with Crippen LogP contribution in [0, 0.1) is 11.8 Å². The van der Waals surface area contributed by atoms with Gasteiger partial charge in [-0.3, -0.25) is 9.69 Å². The molecule has 3 aromatic rings. The lowest BCUT2D eigenvalue weighted by molar-refractivity contribution is -0.137. The van der Waals surface area contributed by atoms with Crippen molar-refractivity contribution < 1.29 is 27.4 Å². The Morgan fingerprint density at radius 2 is 1.74 bits per heavy atom. The highest BCUT2D eigenvalue weighted by molar-refractivity contribution is 5.94. The van der Waals surface area contributed by atoms with Gasteiger partial charge in [-0.05, 0) is 53.3 Å². The van der Waals surface area contributed by atoms with Gasteiger partial charge in [-0.15, -0.1) is 0 Å². The molecule has 0 unspecified atom stereocenters. The molecule has 1 amide bonds. The zero-order valence-electron chi connectivity index (χ0n) is 22.2. The van der Waals surface area contributed by atoms with Gasteiger partial charge < -0.3 is 14.4 Å². The second kappa shape index (κ2) is 11.3. The number of alkyl halides is 3. The summed E-state index contributed by atoms with van der Waals surface area (Å²) in [7, 11) is 0. The van der Waals surface area contributed by atoms with Crippen molar-refractivity contribution in [3.63, 3.8) is 0 Å². The van der Waals surface area contributed by atoms with Crippen molar-refractivity contribution >= 4 is 5.91 Å². The Bertz CT molecular complexity index is 1300. The fourth-order valence-corrected chi connectivity index (χ4v) is 5.62. The second-order valence-electron chi connectivity index (χ2n) is 10.8. The van der Waals surface area contributed by atoms with Gasteiger partial charge in [0.1, 0.15) is 0 Å². The van der Waals surface area contributed by atoms with Crippen molar-refractivity contribution in [2.75, 3.05) is 33.0 Å². The molecule has 0 spiro atoms.